The Hall–Kier alpha value is -3.64. The number of fused-ring (bicyclic) bond motifs is 1. The zero-order valence-electron chi connectivity index (χ0n) is 15.9. The van der Waals surface area contributed by atoms with E-state index >= 15 is 0 Å². The molecular weight excluding hydrogens is 406 g/mol. The molecular formula is C23H16ClNO5. The molecule has 0 saturated carbocycles. The standard InChI is InChI=1S/C23H16ClNO5/c1-14-13-16(24)11-12-19(14)29-20(15-7-3-2-4-8-15)23(28)30-25-21(26)17-9-5-6-10-18(17)22(25)27/h2-13,20H,1H3. The van der Waals surface area contributed by atoms with Crippen molar-refractivity contribution in [3.63, 3.8) is 0 Å². The largest absolute Gasteiger partial charge is 0.474 e. The molecule has 7 heteroatoms. The molecule has 0 fully saturated rings. The molecule has 6 nitrogen and oxygen atoms in total. The van der Waals surface area contributed by atoms with E-state index < -0.39 is 23.9 Å². The number of imide groups is 1. The molecule has 4 rings (SSSR count). The van der Waals surface area contributed by atoms with Gasteiger partial charge in [0.25, 0.3) is 11.8 Å². The first kappa shape index (κ1) is 19.7. The number of carbonyl (C=O) groups excluding carboxylic acids is 3. The number of carbonyl (C=O) groups is 3. The molecule has 1 heterocycles. The van der Waals surface area contributed by atoms with Crippen LogP contribution in [0.3, 0.4) is 0 Å². The van der Waals surface area contributed by atoms with Gasteiger partial charge in [-0.2, -0.15) is 0 Å². The molecule has 1 unspecified atom stereocenters. The van der Waals surface area contributed by atoms with E-state index in [1.165, 1.54) is 12.1 Å². The van der Waals surface area contributed by atoms with E-state index in [0.717, 1.165) is 5.56 Å². The van der Waals surface area contributed by atoms with Crippen molar-refractivity contribution in [1.29, 1.82) is 0 Å². The highest BCUT2D eigenvalue weighted by atomic mass is 35.5. The summed E-state index contributed by atoms with van der Waals surface area (Å²) in [5.41, 5.74) is 1.59. The van der Waals surface area contributed by atoms with E-state index in [0.29, 0.717) is 21.4 Å². The number of hydroxylamine groups is 2. The number of aryl methyl sites for hydroxylation is 1. The van der Waals surface area contributed by atoms with Crippen LogP contribution in [-0.2, 0) is 9.63 Å². The summed E-state index contributed by atoms with van der Waals surface area (Å²) in [6.07, 6.45) is -1.20. The first-order valence-electron chi connectivity index (χ1n) is 9.13. The van der Waals surface area contributed by atoms with Crippen LogP contribution in [0.4, 0.5) is 0 Å². The molecule has 150 valence electrons. The molecule has 0 aromatic heterocycles. The van der Waals surface area contributed by atoms with Crippen molar-refractivity contribution in [1.82, 2.24) is 5.06 Å². The van der Waals surface area contributed by atoms with Crippen LogP contribution in [0.15, 0.2) is 72.8 Å². The predicted molar refractivity (Wildman–Crippen MR) is 109 cm³/mol. The third kappa shape index (κ3) is 3.65. The third-order valence-electron chi connectivity index (χ3n) is 4.64. The number of rotatable bonds is 5. The lowest BCUT2D eigenvalue weighted by atomic mass is 10.1. The highest BCUT2D eigenvalue weighted by molar-refractivity contribution is 6.30. The van der Waals surface area contributed by atoms with Crippen molar-refractivity contribution in [3.8, 4) is 5.75 Å². The number of nitrogens with zero attached hydrogens (tertiary/aromatic N) is 1. The Balaban J connectivity index is 1.62. The Bertz CT molecular complexity index is 1110. The van der Waals surface area contributed by atoms with Crippen molar-refractivity contribution in [2.45, 2.75) is 13.0 Å². The van der Waals surface area contributed by atoms with E-state index in [2.05, 4.69) is 0 Å². The zero-order chi connectivity index (χ0) is 21.3. The van der Waals surface area contributed by atoms with E-state index in [4.69, 9.17) is 21.2 Å². The molecule has 0 aliphatic carbocycles. The van der Waals surface area contributed by atoms with Crippen LogP contribution in [-0.4, -0.2) is 22.8 Å². The topological polar surface area (TPSA) is 72.9 Å². The Morgan fingerprint density at radius 2 is 1.50 bits per heavy atom. The maximum atomic E-state index is 13.0. The van der Waals surface area contributed by atoms with Crippen molar-refractivity contribution < 1.29 is 24.0 Å². The average Bonchev–Trinajstić information content (AvgIpc) is 2.99. The molecule has 1 atom stereocenters. The average molecular weight is 422 g/mol. The van der Waals surface area contributed by atoms with E-state index in [9.17, 15) is 14.4 Å². The molecule has 0 N–H and O–H groups in total. The van der Waals surface area contributed by atoms with Crippen molar-refractivity contribution in [3.05, 3.63) is 100 Å². The van der Waals surface area contributed by atoms with Gasteiger partial charge in [0.15, 0.2) is 0 Å². The first-order valence-corrected chi connectivity index (χ1v) is 9.51. The Morgan fingerprint density at radius 3 is 2.10 bits per heavy atom. The Kier molecular flexibility index (Phi) is 5.25. The fraction of sp³-hybridized carbons (Fsp3) is 0.0870. The SMILES string of the molecule is Cc1cc(Cl)ccc1OC(C(=O)ON1C(=O)c2ccccc2C1=O)c1ccccc1. The zero-order valence-corrected chi connectivity index (χ0v) is 16.6. The molecule has 30 heavy (non-hydrogen) atoms. The first-order chi connectivity index (χ1) is 14.5. The maximum Gasteiger partial charge on any atom is 0.377 e. The molecule has 1 aliphatic rings. The number of hydrogen-bond acceptors (Lipinski definition) is 5. The molecule has 1 aliphatic heterocycles. The molecule has 3 aromatic rings. The summed E-state index contributed by atoms with van der Waals surface area (Å²) in [6, 6.07) is 19.9. The summed E-state index contributed by atoms with van der Waals surface area (Å²) in [5.74, 6) is -1.87. The number of halogens is 1. The van der Waals surface area contributed by atoms with Gasteiger partial charge in [0, 0.05) is 10.6 Å². The maximum absolute atomic E-state index is 13.0. The lowest BCUT2D eigenvalue weighted by Crippen LogP contribution is -2.35. The van der Waals surface area contributed by atoms with Gasteiger partial charge >= 0.3 is 5.97 Å². The van der Waals surface area contributed by atoms with Crippen LogP contribution in [0.2, 0.25) is 5.02 Å². The summed E-state index contributed by atoms with van der Waals surface area (Å²) < 4.78 is 5.92. The minimum atomic E-state index is -1.20. The molecule has 0 bridgehead atoms. The molecule has 3 aromatic carbocycles. The fourth-order valence-corrected chi connectivity index (χ4v) is 3.37. The molecule has 2 amide bonds. The van der Waals surface area contributed by atoms with Gasteiger partial charge in [0.2, 0.25) is 6.10 Å². The second-order valence-corrected chi connectivity index (χ2v) is 7.12. The molecule has 0 saturated heterocycles. The van der Waals surface area contributed by atoms with E-state index in [1.54, 1.807) is 67.6 Å². The highest BCUT2D eigenvalue weighted by Gasteiger charge is 2.40. The quantitative estimate of drug-likeness (QED) is 0.566. The lowest BCUT2D eigenvalue weighted by Gasteiger charge is -2.21. The van der Waals surface area contributed by atoms with Crippen LogP contribution in [0.25, 0.3) is 0 Å². The van der Waals surface area contributed by atoms with E-state index in [1.807, 2.05) is 0 Å². The Morgan fingerprint density at radius 1 is 0.900 bits per heavy atom. The second kappa shape index (κ2) is 8.00. The van der Waals surface area contributed by atoms with Crippen LogP contribution < -0.4 is 4.74 Å². The van der Waals surface area contributed by atoms with Gasteiger partial charge in [-0.25, -0.2) is 4.79 Å². The highest BCUT2D eigenvalue weighted by Crippen LogP contribution is 2.30. The Labute approximate surface area is 177 Å². The summed E-state index contributed by atoms with van der Waals surface area (Å²) in [4.78, 5) is 43.3. The van der Waals surface area contributed by atoms with Crippen molar-refractivity contribution in [2.24, 2.45) is 0 Å². The van der Waals surface area contributed by atoms with Crippen LogP contribution >= 0.6 is 11.6 Å². The molecule has 0 radical (unpaired) electrons. The van der Waals surface area contributed by atoms with Crippen molar-refractivity contribution >= 4 is 29.4 Å². The van der Waals surface area contributed by atoms with Crippen LogP contribution in [0, 0.1) is 6.92 Å². The van der Waals surface area contributed by atoms with Crippen molar-refractivity contribution in [2.75, 3.05) is 0 Å². The van der Waals surface area contributed by atoms with Gasteiger partial charge in [0.1, 0.15) is 5.75 Å². The second-order valence-electron chi connectivity index (χ2n) is 6.68. The van der Waals surface area contributed by atoms with Gasteiger partial charge in [0.05, 0.1) is 11.1 Å². The number of amides is 2. The van der Waals surface area contributed by atoms with Crippen LogP contribution in [0.5, 0.6) is 5.75 Å². The van der Waals surface area contributed by atoms with Gasteiger partial charge in [-0.3, -0.25) is 9.59 Å². The number of benzene rings is 3. The van der Waals surface area contributed by atoms with Gasteiger partial charge < -0.3 is 9.57 Å². The minimum Gasteiger partial charge on any atom is -0.474 e. The summed E-state index contributed by atoms with van der Waals surface area (Å²) in [5, 5.41) is 1.01. The predicted octanol–water partition coefficient (Wildman–Crippen LogP) is 4.52. The minimum absolute atomic E-state index is 0.182. The summed E-state index contributed by atoms with van der Waals surface area (Å²) in [7, 11) is 0. The normalized spacial score (nSPS) is 13.7. The smallest absolute Gasteiger partial charge is 0.377 e. The fourth-order valence-electron chi connectivity index (χ4n) is 3.14. The van der Waals surface area contributed by atoms with Gasteiger partial charge in [-0.1, -0.05) is 59.1 Å². The summed E-state index contributed by atoms with van der Waals surface area (Å²) >= 11 is 5.99. The number of ether oxygens (including phenoxy) is 1. The lowest BCUT2D eigenvalue weighted by molar-refractivity contribution is -0.177. The third-order valence-corrected chi connectivity index (χ3v) is 4.87. The van der Waals surface area contributed by atoms with E-state index in [-0.39, 0.29) is 11.1 Å². The number of hydrogen-bond donors (Lipinski definition) is 0. The molecule has 0 spiro atoms. The van der Waals surface area contributed by atoms with Gasteiger partial charge in [-0.15, -0.1) is 0 Å². The summed E-state index contributed by atoms with van der Waals surface area (Å²) in [6.45, 7) is 1.79. The monoisotopic (exact) mass is 421 g/mol. The van der Waals surface area contributed by atoms with Gasteiger partial charge in [-0.05, 0) is 42.8 Å². The van der Waals surface area contributed by atoms with Crippen LogP contribution in [0.1, 0.15) is 37.9 Å².